The maximum atomic E-state index is 5.87. The lowest BCUT2D eigenvalue weighted by Crippen LogP contribution is -2.18. The van der Waals surface area contributed by atoms with Gasteiger partial charge in [0.2, 0.25) is 0 Å². The summed E-state index contributed by atoms with van der Waals surface area (Å²) >= 11 is 0. The predicted molar refractivity (Wildman–Crippen MR) is 80.1 cm³/mol. The van der Waals surface area contributed by atoms with Crippen molar-refractivity contribution in [2.45, 2.75) is 46.1 Å². The van der Waals surface area contributed by atoms with Crippen molar-refractivity contribution in [2.75, 3.05) is 19.7 Å². The highest BCUT2D eigenvalue weighted by molar-refractivity contribution is 5.31. The van der Waals surface area contributed by atoms with Crippen LogP contribution in [-0.4, -0.2) is 25.8 Å². The molecule has 1 unspecified atom stereocenters. The lowest BCUT2D eigenvalue weighted by molar-refractivity contribution is 0.207. The van der Waals surface area contributed by atoms with E-state index in [1.54, 1.807) is 0 Å². The molecule has 0 spiro atoms. The van der Waals surface area contributed by atoms with Gasteiger partial charge in [0.1, 0.15) is 11.5 Å². The Morgan fingerprint density at radius 3 is 2.42 bits per heavy atom. The number of benzene rings is 1. The van der Waals surface area contributed by atoms with E-state index in [1.165, 1.54) is 0 Å². The van der Waals surface area contributed by atoms with Crippen LogP contribution in [0.4, 0.5) is 0 Å². The second-order valence-electron chi connectivity index (χ2n) is 4.74. The third-order valence-electron chi connectivity index (χ3n) is 2.85. The SMILES string of the molecule is CCCOc1ccc(OC(C)CCCNCC)cc1. The van der Waals surface area contributed by atoms with Gasteiger partial charge in [-0.05, 0) is 63.5 Å². The summed E-state index contributed by atoms with van der Waals surface area (Å²) in [6, 6.07) is 7.89. The molecule has 0 aliphatic heterocycles. The first-order valence-electron chi connectivity index (χ1n) is 7.36. The molecule has 108 valence electrons. The molecule has 0 heterocycles. The number of rotatable bonds is 10. The molecular formula is C16H27NO2. The highest BCUT2D eigenvalue weighted by Gasteiger charge is 2.04. The molecule has 0 saturated heterocycles. The normalized spacial score (nSPS) is 12.2. The van der Waals surface area contributed by atoms with Crippen molar-refractivity contribution >= 4 is 0 Å². The summed E-state index contributed by atoms with van der Waals surface area (Å²) in [4.78, 5) is 0. The van der Waals surface area contributed by atoms with Gasteiger partial charge in [0.15, 0.2) is 0 Å². The Morgan fingerprint density at radius 1 is 1.11 bits per heavy atom. The molecule has 0 aliphatic carbocycles. The molecule has 1 N–H and O–H groups in total. The van der Waals surface area contributed by atoms with Gasteiger partial charge in [-0.2, -0.15) is 0 Å². The van der Waals surface area contributed by atoms with Crippen molar-refractivity contribution in [2.24, 2.45) is 0 Å². The molecule has 3 nitrogen and oxygen atoms in total. The third-order valence-corrected chi connectivity index (χ3v) is 2.85. The van der Waals surface area contributed by atoms with Crippen LogP contribution < -0.4 is 14.8 Å². The molecule has 1 aromatic carbocycles. The second-order valence-corrected chi connectivity index (χ2v) is 4.74. The lowest BCUT2D eigenvalue weighted by Gasteiger charge is -2.15. The average Bonchev–Trinajstić information content (AvgIpc) is 2.43. The monoisotopic (exact) mass is 265 g/mol. The minimum Gasteiger partial charge on any atom is -0.494 e. The summed E-state index contributed by atoms with van der Waals surface area (Å²) in [6.07, 6.45) is 3.50. The summed E-state index contributed by atoms with van der Waals surface area (Å²) in [5.74, 6) is 1.83. The fraction of sp³-hybridized carbons (Fsp3) is 0.625. The fourth-order valence-electron chi connectivity index (χ4n) is 1.82. The van der Waals surface area contributed by atoms with Gasteiger partial charge >= 0.3 is 0 Å². The molecule has 19 heavy (non-hydrogen) atoms. The zero-order chi connectivity index (χ0) is 13.9. The smallest absolute Gasteiger partial charge is 0.119 e. The Morgan fingerprint density at radius 2 is 1.79 bits per heavy atom. The van der Waals surface area contributed by atoms with Crippen LogP contribution in [0.1, 0.15) is 40.0 Å². The highest BCUT2D eigenvalue weighted by Crippen LogP contribution is 2.19. The van der Waals surface area contributed by atoms with E-state index in [-0.39, 0.29) is 6.10 Å². The zero-order valence-electron chi connectivity index (χ0n) is 12.4. The molecule has 0 aromatic heterocycles. The van der Waals surface area contributed by atoms with Gasteiger partial charge in [-0.1, -0.05) is 13.8 Å². The molecule has 0 amide bonds. The fourth-order valence-corrected chi connectivity index (χ4v) is 1.82. The standard InChI is InChI=1S/C16H27NO2/c1-4-13-18-15-8-10-16(11-9-15)19-14(3)7-6-12-17-5-2/h8-11,14,17H,4-7,12-13H2,1-3H3. The van der Waals surface area contributed by atoms with Gasteiger partial charge in [-0.3, -0.25) is 0 Å². The molecule has 0 aliphatic rings. The Bertz CT molecular complexity index is 324. The zero-order valence-corrected chi connectivity index (χ0v) is 12.4. The molecule has 0 bridgehead atoms. The largest absolute Gasteiger partial charge is 0.494 e. The van der Waals surface area contributed by atoms with E-state index >= 15 is 0 Å². The Kier molecular flexibility index (Phi) is 8.07. The van der Waals surface area contributed by atoms with Crippen molar-refractivity contribution < 1.29 is 9.47 Å². The topological polar surface area (TPSA) is 30.5 Å². The van der Waals surface area contributed by atoms with Gasteiger partial charge in [-0.15, -0.1) is 0 Å². The predicted octanol–water partition coefficient (Wildman–Crippen LogP) is 3.63. The first-order chi connectivity index (χ1) is 9.26. The van der Waals surface area contributed by atoms with Crippen molar-refractivity contribution in [1.29, 1.82) is 0 Å². The lowest BCUT2D eigenvalue weighted by atomic mass is 10.2. The number of hydrogen-bond acceptors (Lipinski definition) is 3. The molecule has 1 atom stereocenters. The molecule has 1 aromatic rings. The van der Waals surface area contributed by atoms with Crippen molar-refractivity contribution in [1.82, 2.24) is 5.32 Å². The average molecular weight is 265 g/mol. The van der Waals surface area contributed by atoms with Gasteiger partial charge in [-0.25, -0.2) is 0 Å². The molecule has 0 saturated carbocycles. The van der Waals surface area contributed by atoms with Crippen LogP contribution in [0.15, 0.2) is 24.3 Å². The summed E-state index contributed by atoms with van der Waals surface area (Å²) in [5.41, 5.74) is 0. The van der Waals surface area contributed by atoms with Crippen LogP contribution in [0.2, 0.25) is 0 Å². The van der Waals surface area contributed by atoms with Crippen LogP contribution in [0.3, 0.4) is 0 Å². The Hall–Kier alpha value is -1.22. The number of nitrogens with one attached hydrogen (secondary N) is 1. The first-order valence-corrected chi connectivity index (χ1v) is 7.36. The van der Waals surface area contributed by atoms with Gasteiger partial charge in [0, 0.05) is 0 Å². The Labute approximate surface area is 117 Å². The van der Waals surface area contributed by atoms with Crippen molar-refractivity contribution in [3.05, 3.63) is 24.3 Å². The van der Waals surface area contributed by atoms with Crippen LogP contribution in [0, 0.1) is 0 Å². The summed E-state index contributed by atoms with van der Waals surface area (Å²) in [7, 11) is 0. The van der Waals surface area contributed by atoms with Crippen molar-refractivity contribution in [3.63, 3.8) is 0 Å². The van der Waals surface area contributed by atoms with E-state index in [4.69, 9.17) is 9.47 Å². The maximum Gasteiger partial charge on any atom is 0.119 e. The van der Waals surface area contributed by atoms with Gasteiger partial charge in [0.05, 0.1) is 12.7 Å². The molecular weight excluding hydrogens is 238 g/mol. The molecule has 1 rings (SSSR count). The van der Waals surface area contributed by atoms with Crippen LogP contribution in [0.5, 0.6) is 11.5 Å². The quantitative estimate of drug-likeness (QED) is 0.655. The van der Waals surface area contributed by atoms with E-state index in [2.05, 4.69) is 26.1 Å². The van der Waals surface area contributed by atoms with Gasteiger partial charge < -0.3 is 14.8 Å². The van der Waals surface area contributed by atoms with Crippen molar-refractivity contribution in [3.8, 4) is 11.5 Å². The van der Waals surface area contributed by atoms with Crippen LogP contribution in [-0.2, 0) is 0 Å². The minimum absolute atomic E-state index is 0.251. The van der Waals surface area contributed by atoms with E-state index in [1.807, 2.05) is 24.3 Å². The van der Waals surface area contributed by atoms with Crippen LogP contribution in [0.25, 0.3) is 0 Å². The summed E-state index contributed by atoms with van der Waals surface area (Å²) in [5, 5.41) is 3.32. The first kappa shape index (κ1) is 15.8. The second kappa shape index (κ2) is 9.68. The van der Waals surface area contributed by atoms with E-state index in [0.717, 1.165) is 50.5 Å². The Balaban J connectivity index is 2.27. The minimum atomic E-state index is 0.251. The molecule has 3 heteroatoms. The number of hydrogen-bond donors (Lipinski definition) is 1. The highest BCUT2D eigenvalue weighted by atomic mass is 16.5. The van der Waals surface area contributed by atoms with Crippen LogP contribution >= 0.6 is 0 Å². The summed E-state index contributed by atoms with van der Waals surface area (Å²) < 4.78 is 11.4. The number of ether oxygens (including phenoxy) is 2. The third kappa shape index (κ3) is 7.06. The van der Waals surface area contributed by atoms with Gasteiger partial charge in [0.25, 0.3) is 0 Å². The van der Waals surface area contributed by atoms with E-state index < -0.39 is 0 Å². The molecule has 0 fully saturated rings. The maximum absolute atomic E-state index is 5.87. The van der Waals surface area contributed by atoms with E-state index in [9.17, 15) is 0 Å². The summed E-state index contributed by atoms with van der Waals surface area (Å²) in [6.45, 7) is 9.21. The molecule has 0 radical (unpaired) electrons. The van der Waals surface area contributed by atoms with E-state index in [0.29, 0.717) is 0 Å².